The van der Waals surface area contributed by atoms with Crippen molar-refractivity contribution in [2.24, 2.45) is 0 Å². The highest BCUT2D eigenvalue weighted by Gasteiger charge is 2.09. The summed E-state index contributed by atoms with van der Waals surface area (Å²) < 4.78 is 6.15. The average molecular weight is 575 g/mol. The van der Waals surface area contributed by atoms with E-state index in [0.717, 1.165) is 57.5 Å². The molecular formula is C40H46O3. The SMILES string of the molecule is CC1=C\C(=C/C=C(C)/C=C/C=C(C)/C=C/C=C(\C)C=O)OC(/C(C)=C/C=C/C=C(C)/C=C/C=C(C)/C=C/C=C(\C)C=O)=C1. The van der Waals surface area contributed by atoms with Crippen molar-refractivity contribution in [2.75, 3.05) is 0 Å². The van der Waals surface area contributed by atoms with E-state index >= 15 is 0 Å². The van der Waals surface area contributed by atoms with Crippen LogP contribution in [0.25, 0.3) is 0 Å². The van der Waals surface area contributed by atoms with Crippen LogP contribution in [-0.2, 0) is 14.3 Å². The molecule has 3 heteroatoms. The number of hydrogen-bond acceptors (Lipinski definition) is 3. The molecule has 0 saturated heterocycles. The quantitative estimate of drug-likeness (QED) is 0.118. The van der Waals surface area contributed by atoms with Crippen molar-refractivity contribution in [3.63, 3.8) is 0 Å². The lowest BCUT2D eigenvalue weighted by Gasteiger charge is -2.16. The molecular weight excluding hydrogens is 528 g/mol. The molecule has 0 aromatic heterocycles. The van der Waals surface area contributed by atoms with E-state index in [-0.39, 0.29) is 0 Å². The Bertz CT molecular complexity index is 1460. The van der Waals surface area contributed by atoms with Crippen LogP contribution in [0.15, 0.2) is 178 Å². The van der Waals surface area contributed by atoms with E-state index in [4.69, 9.17) is 4.74 Å². The second-order valence-corrected chi connectivity index (χ2v) is 10.4. The van der Waals surface area contributed by atoms with Gasteiger partial charge in [-0.3, -0.25) is 9.59 Å². The lowest BCUT2D eigenvalue weighted by molar-refractivity contribution is -0.105. The van der Waals surface area contributed by atoms with E-state index in [9.17, 15) is 9.59 Å². The molecule has 1 aliphatic heterocycles. The molecule has 0 atom stereocenters. The Kier molecular flexibility index (Phi) is 17.7. The van der Waals surface area contributed by atoms with Crippen LogP contribution in [-0.4, -0.2) is 12.6 Å². The highest BCUT2D eigenvalue weighted by Crippen LogP contribution is 2.24. The number of carbonyl (C=O) groups is 2. The molecule has 0 aromatic carbocycles. The number of allylic oxidation sites excluding steroid dienone is 28. The van der Waals surface area contributed by atoms with Crippen LogP contribution in [0, 0.1) is 0 Å². The normalized spacial score (nSPS) is 18.0. The smallest absolute Gasteiger partial charge is 0.145 e. The van der Waals surface area contributed by atoms with Crippen molar-refractivity contribution in [1.82, 2.24) is 0 Å². The van der Waals surface area contributed by atoms with Gasteiger partial charge in [-0.1, -0.05) is 126 Å². The van der Waals surface area contributed by atoms with Crippen molar-refractivity contribution >= 4 is 12.6 Å². The summed E-state index contributed by atoms with van der Waals surface area (Å²) in [5.74, 6) is 1.62. The van der Waals surface area contributed by atoms with Gasteiger partial charge in [-0.2, -0.15) is 0 Å². The number of aldehydes is 2. The lowest BCUT2D eigenvalue weighted by Crippen LogP contribution is -1.99. The summed E-state index contributed by atoms with van der Waals surface area (Å²) in [6.45, 7) is 15.8. The highest BCUT2D eigenvalue weighted by molar-refractivity contribution is 5.73. The molecule has 0 fully saturated rings. The molecule has 1 rings (SSSR count). The summed E-state index contributed by atoms with van der Waals surface area (Å²) in [5.41, 5.74) is 7.97. The van der Waals surface area contributed by atoms with Crippen molar-refractivity contribution < 1.29 is 14.3 Å². The summed E-state index contributed by atoms with van der Waals surface area (Å²) in [4.78, 5) is 21.3. The lowest BCUT2D eigenvalue weighted by atomic mass is 10.1. The average Bonchev–Trinajstić information content (AvgIpc) is 2.97. The van der Waals surface area contributed by atoms with Gasteiger partial charge in [-0.25, -0.2) is 0 Å². The molecule has 0 saturated carbocycles. The van der Waals surface area contributed by atoms with Crippen LogP contribution in [0.1, 0.15) is 55.4 Å². The predicted molar refractivity (Wildman–Crippen MR) is 185 cm³/mol. The largest absolute Gasteiger partial charge is 0.457 e. The molecule has 1 heterocycles. The minimum atomic E-state index is 0.693. The summed E-state index contributed by atoms with van der Waals surface area (Å²) in [6.07, 6.45) is 41.3. The molecule has 43 heavy (non-hydrogen) atoms. The van der Waals surface area contributed by atoms with Gasteiger partial charge in [0.1, 0.15) is 24.1 Å². The van der Waals surface area contributed by atoms with Gasteiger partial charge < -0.3 is 4.74 Å². The molecule has 1 aliphatic rings. The second kappa shape index (κ2) is 21.0. The summed E-state index contributed by atoms with van der Waals surface area (Å²) >= 11 is 0. The Morgan fingerprint density at radius 1 is 0.512 bits per heavy atom. The first-order chi connectivity index (χ1) is 20.5. The number of carbonyl (C=O) groups excluding carboxylic acids is 2. The van der Waals surface area contributed by atoms with Crippen LogP contribution in [0.2, 0.25) is 0 Å². The van der Waals surface area contributed by atoms with Gasteiger partial charge in [0.25, 0.3) is 0 Å². The Balaban J connectivity index is 2.79. The minimum absolute atomic E-state index is 0.693. The van der Waals surface area contributed by atoms with Crippen LogP contribution < -0.4 is 0 Å². The molecule has 0 bridgehead atoms. The van der Waals surface area contributed by atoms with Crippen LogP contribution >= 0.6 is 0 Å². The first kappa shape index (κ1) is 36.3. The van der Waals surface area contributed by atoms with E-state index in [1.54, 1.807) is 26.0 Å². The minimum Gasteiger partial charge on any atom is -0.457 e. The molecule has 0 aliphatic carbocycles. The fourth-order valence-corrected chi connectivity index (χ4v) is 3.35. The maximum Gasteiger partial charge on any atom is 0.145 e. The maximum atomic E-state index is 10.7. The monoisotopic (exact) mass is 574 g/mol. The summed E-state index contributed by atoms with van der Waals surface area (Å²) in [5, 5.41) is 0. The van der Waals surface area contributed by atoms with Gasteiger partial charge in [-0.15, -0.1) is 0 Å². The van der Waals surface area contributed by atoms with Crippen LogP contribution in [0.3, 0.4) is 0 Å². The summed E-state index contributed by atoms with van der Waals surface area (Å²) in [6, 6.07) is 0. The molecule has 0 amide bonds. The zero-order valence-electron chi connectivity index (χ0n) is 26.9. The van der Waals surface area contributed by atoms with Crippen molar-refractivity contribution in [1.29, 1.82) is 0 Å². The van der Waals surface area contributed by atoms with Gasteiger partial charge in [-0.05, 0) is 95.9 Å². The second-order valence-electron chi connectivity index (χ2n) is 10.4. The van der Waals surface area contributed by atoms with E-state index in [1.807, 2.05) is 125 Å². The van der Waals surface area contributed by atoms with Crippen molar-refractivity contribution in [3.05, 3.63) is 178 Å². The van der Waals surface area contributed by atoms with E-state index in [2.05, 4.69) is 26.0 Å². The molecule has 0 aromatic rings. The van der Waals surface area contributed by atoms with E-state index in [0.29, 0.717) is 11.1 Å². The van der Waals surface area contributed by atoms with Gasteiger partial charge >= 0.3 is 0 Å². The summed E-state index contributed by atoms with van der Waals surface area (Å²) in [7, 11) is 0. The Morgan fingerprint density at radius 2 is 0.907 bits per heavy atom. The molecule has 3 nitrogen and oxygen atoms in total. The fourth-order valence-electron chi connectivity index (χ4n) is 3.35. The Hall–Kier alpha value is -4.76. The molecule has 0 N–H and O–H groups in total. The molecule has 224 valence electrons. The fraction of sp³-hybridized carbons (Fsp3) is 0.200. The van der Waals surface area contributed by atoms with Gasteiger partial charge in [0, 0.05) is 0 Å². The predicted octanol–water partition coefficient (Wildman–Crippen LogP) is 10.5. The van der Waals surface area contributed by atoms with E-state index in [1.165, 1.54) is 0 Å². The number of ether oxygens (including phenoxy) is 1. The van der Waals surface area contributed by atoms with Gasteiger partial charge in [0.15, 0.2) is 0 Å². The van der Waals surface area contributed by atoms with Crippen LogP contribution in [0.4, 0.5) is 0 Å². The highest BCUT2D eigenvalue weighted by atomic mass is 16.5. The third-order valence-electron chi connectivity index (χ3n) is 5.92. The van der Waals surface area contributed by atoms with Gasteiger partial charge in [0.2, 0.25) is 0 Å². The standard InChI is InChI=1S/C40H46O3/c1-31(16-11-17-32(2)19-13-22-35(5)29-41)15-9-10-24-38(8)40-28-37(7)27-39(43-40)26-25-34(4)21-12-18-33(3)20-14-23-36(6)30-42/h9-30H,1-8H3/b10-9+,16-11+,19-13+,20-14+,21-12+,31-15+,32-17+,33-18+,34-25+,35-22+,36-23+,38-24+,39-26+. The molecule has 0 unspecified atom stereocenters. The zero-order valence-corrected chi connectivity index (χ0v) is 26.9. The Labute approximate surface area is 259 Å². The first-order valence-corrected chi connectivity index (χ1v) is 14.3. The molecule has 0 radical (unpaired) electrons. The Morgan fingerprint density at radius 3 is 1.37 bits per heavy atom. The molecule has 0 spiro atoms. The third kappa shape index (κ3) is 17.6. The maximum absolute atomic E-state index is 10.7. The number of rotatable bonds is 14. The first-order valence-electron chi connectivity index (χ1n) is 14.3. The van der Waals surface area contributed by atoms with Crippen LogP contribution in [0.5, 0.6) is 0 Å². The van der Waals surface area contributed by atoms with E-state index < -0.39 is 0 Å². The number of hydrogen-bond donors (Lipinski definition) is 0. The van der Waals surface area contributed by atoms with Crippen molar-refractivity contribution in [3.8, 4) is 0 Å². The third-order valence-corrected chi connectivity index (χ3v) is 5.92. The topological polar surface area (TPSA) is 43.4 Å². The zero-order chi connectivity index (χ0) is 32.0. The van der Waals surface area contributed by atoms with Gasteiger partial charge in [0.05, 0.1) is 0 Å². The van der Waals surface area contributed by atoms with Crippen molar-refractivity contribution in [2.45, 2.75) is 55.4 Å².